The molecule has 5 rings (SSSR count). The van der Waals surface area contributed by atoms with Crippen LogP contribution < -0.4 is 16.4 Å². The predicted octanol–water partition coefficient (Wildman–Crippen LogP) is 4.43. The first-order valence-electron chi connectivity index (χ1n) is 14.1. The van der Waals surface area contributed by atoms with Gasteiger partial charge in [0.1, 0.15) is 5.82 Å². The van der Waals surface area contributed by atoms with Crippen LogP contribution in [0.5, 0.6) is 0 Å². The summed E-state index contributed by atoms with van der Waals surface area (Å²) in [5.41, 5.74) is 8.35. The highest BCUT2D eigenvalue weighted by atomic mass is 35.5. The van der Waals surface area contributed by atoms with Crippen LogP contribution in [0.3, 0.4) is 0 Å². The fourth-order valence-electron chi connectivity index (χ4n) is 6.24. The summed E-state index contributed by atoms with van der Waals surface area (Å²) in [6.07, 6.45) is 4.41. The Bertz CT molecular complexity index is 1100. The zero-order chi connectivity index (χ0) is 27.2. The molecule has 3 aliphatic heterocycles. The van der Waals surface area contributed by atoms with Crippen LogP contribution in [-0.4, -0.2) is 63.2 Å². The molecule has 1 spiro atoms. The van der Waals surface area contributed by atoms with Crippen molar-refractivity contribution in [2.45, 2.75) is 62.2 Å². The van der Waals surface area contributed by atoms with Crippen molar-refractivity contribution in [2.24, 2.45) is 11.7 Å². The van der Waals surface area contributed by atoms with E-state index < -0.39 is 6.04 Å². The van der Waals surface area contributed by atoms with Gasteiger partial charge in [0.2, 0.25) is 5.91 Å². The number of amides is 1. The molecule has 3 aliphatic rings. The van der Waals surface area contributed by atoms with Gasteiger partial charge < -0.3 is 30.6 Å². The molecule has 212 valence electrons. The van der Waals surface area contributed by atoms with Crippen molar-refractivity contribution in [3.63, 3.8) is 0 Å². The molecule has 0 radical (unpaired) electrons. The number of morpholine rings is 1. The largest absolute Gasteiger partial charge is 0.381 e. The van der Waals surface area contributed by atoms with E-state index in [4.69, 9.17) is 31.5 Å². The summed E-state index contributed by atoms with van der Waals surface area (Å²) in [7, 11) is 0. The van der Waals surface area contributed by atoms with Gasteiger partial charge in [-0.05, 0) is 61.4 Å². The smallest absolute Gasteiger partial charge is 0.241 e. The first-order chi connectivity index (χ1) is 18.9. The van der Waals surface area contributed by atoms with Gasteiger partial charge in [-0.2, -0.15) is 0 Å². The molecular formula is C30H39ClFN3O4. The Morgan fingerprint density at radius 1 is 1.10 bits per heavy atom. The van der Waals surface area contributed by atoms with Crippen LogP contribution >= 0.6 is 11.6 Å². The SMILES string of the molecule is N[C@H](C(=O)Nc1cccc(F)c1CC[C@@H]1CNCC2(CCOCC2)O1)C(c1ccc(Cl)cc1)C1CCOCC1. The van der Waals surface area contributed by atoms with Crippen LogP contribution in [0, 0.1) is 11.7 Å². The minimum Gasteiger partial charge on any atom is -0.381 e. The van der Waals surface area contributed by atoms with Crippen LogP contribution in [0.4, 0.5) is 10.1 Å². The first kappa shape index (κ1) is 28.5. The molecule has 0 bridgehead atoms. The molecule has 3 atom stereocenters. The summed E-state index contributed by atoms with van der Waals surface area (Å²) in [4.78, 5) is 13.5. The second-order valence-electron chi connectivity index (χ2n) is 11.0. The summed E-state index contributed by atoms with van der Waals surface area (Å²) in [5, 5.41) is 7.09. The molecule has 39 heavy (non-hydrogen) atoms. The standard InChI is InChI=1S/C30H39ClFN3O4/c31-22-6-4-20(5-7-22)27(21-10-14-37-15-11-21)28(33)29(36)35-26-3-1-2-25(32)24(26)9-8-23-18-34-19-30(39-23)12-16-38-17-13-30/h1-7,21,23,27-28,34H,8-19,33H2,(H,35,36)/t23-,27?,28+/m1/s1. The molecule has 0 aliphatic carbocycles. The van der Waals surface area contributed by atoms with Gasteiger partial charge in [-0.25, -0.2) is 4.39 Å². The third-order valence-electron chi connectivity index (χ3n) is 8.45. The highest BCUT2D eigenvalue weighted by molar-refractivity contribution is 6.30. The predicted molar refractivity (Wildman–Crippen MR) is 150 cm³/mol. The lowest BCUT2D eigenvalue weighted by atomic mass is 9.76. The van der Waals surface area contributed by atoms with E-state index in [9.17, 15) is 4.79 Å². The monoisotopic (exact) mass is 559 g/mol. The van der Waals surface area contributed by atoms with Crippen molar-refractivity contribution >= 4 is 23.2 Å². The molecule has 0 aromatic heterocycles. The highest BCUT2D eigenvalue weighted by Crippen LogP contribution is 2.36. The second kappa shape index (κ2) is 13.1. The molecule has 2 aromatic carbocycles. The lowest BCUT2D eigenvalue weighted by molar-refractivity contribution is -0.160. The van der Waals surface area contributed by atoms with Gasteiger partial charge in [0, 0.05) is 74.6 Å². The van der Waals surface area contributed by atoms with Gasteiger partial charge in [-0.3, -0.25) is 4.79 Å². The minimum atomic E-state index is -0.815. The molecule has 0 saturated carbocycles. The van der Waals surface area contributed by atoms with Crippen molar-refractivity contribution in [1.82, 2.24) is 5.32 Å². The maximum Gasteiger partial charge on any atom is 0.241 e. The number of carbonyl (C=O) groups is 1. The quantitative estimate of drug-likeness (QED) is 0.443. The number of nitrogens with two attached hydrogens (primary N) is 1. The van der Waals surface area contributed by atoms with E-state index in [1.807, 2.05) is 24.3 Å². The normalized spacial score (nSPS) is 23.3. The van der Waals surface area contributed by atoms with E-state index in [1.165, 1.54) is 6.07 Å². The lowest BCUT2D eigenvalue weighted by Crippen LogP contribution is -2.56. The number of ether oxygens (including phenoxy) is 3. The van der Waals surface area contributed by atoms with Gasteiger partial charge >= 0.3 is 0 Å². The van der Waals surface area contributed by atoms with Crippen molar-refractivity contribution in [1.29, 1.82) is 0 Å². The number of rotatable bonds is 8. The van der Waals surface area contributed by atoms with E-state index in [0.717, 1.165) is 44.3 Å². The lowest BCUT2D eigenvalue weighted by Gasteiger charge is -2.44. The van der Waals surface area contributed by atoms with Gasteiger partial charge in [0.25, 0.3) is 0 Å². The minimum absolute atomic E-state index is 0.0370. The van der Waals surface area contributed by atoms with Crippen molar-refractivity contribution in [3.8, 4) is 0 Å². The average molecular weight is 560 g/mol. The van der Waals surface area contributed by atoms with Gasteiger partial charge in [-0.1, -0.05) is 29.8 Å². The van der Waals surface area contributed by atoms with Crippen LogP contribution in [0.2, 0.25) is 5.02 Å². The van der Waals surface area contributed by atoms with Crippen molar-refractivity contribution in [2.75, 3.05) is 44.8 Å². The van der Waals surface area contributed by atoms with E-state index in [2.05, 4.69) is 10.6 Å². The van der Waals surface area contributed by atoms with Crippen LogP contribution in [0.1, 0.15) is 49.1 Å². The summed E-state index contributed by atoms with van der Waals surface area (Å²) in [6.45, 7) is 4.21. The van der Waals surface area contributed by atoms with Crippen LogP contribution in [-0.2, 0) is 25.4 Å². The third-order valence-corrected chi connectivity index (χ3v) is 8.70. The molecule has 9 heteroatoms. The molecule has 1 unspecified atom stereocenters. The molecule has 2 aromatic rings. The highest BCUT2D eigenvalue weighted by Gasteiger charge is 2.39. The van der Waals surface area contributed by atoms with E-state index in [-0.39, 0.29) is 35.3 Å². The summed E-state index contributed by atoms with van der Waals surface area (Å²) < 4.78 is 32.7. The van der Waals surface area contributed by atoms with Crippen LogP contribution in [0.25, 0.3) is 0 Å². The number of carbonyl (C=O) groups excluding carboxylic acids is 1. The van der Waals surface area contributed by atoms with E-state index >= 15 is 4.39 Å². The fraction of sp³-hybridized carbons (Fsp3) is 0.567. The Morgan fingerprint density at radius 2 is 1.82 bits per heavy atom. The number of nitrogens with one attached hydrogen (secondary N) is 2. The zero-order valence-electron chi connectivity index (χ0n) is 22.3. The maximum absolute atomic E-state index is 15.1. The first-order valence-corrected chi connectivity index (χ1v) is 14.5. The molecule has 3 heterocycles. The fourth-order valence-corrected chi connectivity index (χ4v) is 6.37. The van der Waals surface area contributed by atoms with Crippen LogP contribution in [0.15, 0.2) is 42.5 Å². The Kier molecular flexibility index (Phi) is 9.53. The van der Waals surface area contributed by atoms with Gasteiger partial charge in [-0.15, -0.1) is 0 Å². The molecule has 3 fully saturated rings. The Morgan fingerprint density at radius 3 is 2.56 bits per heavy atom. The number of benzene rings is 2. The molecule has 7 nitrogen and oxygen atoms in total. The summed E-state index contributed by atoms with van der Waals surface area (Å²) in [5.74, 6) is -0.684. The number of hydrogen-bond donors (Lipinski definition) is 3. The topological polar surface area (TPSA) is 94.8 Å². The molecular weight excluding hydrogens is 521 g/mol. The molecule has 4 N–H and O–H groups in total. The number of halogens is 2. The zero-order valence-corrected chi connectivity index (χ0v) is 23.1. The summed E-state index contributed by atoms with van der Waals surface area (Å²) >= 11 is 6.13. The number of hydrogen-bond acceptors (Lipinski definition) is 6. The van der Waals surface area contributed by atoms with Crippen molar-refractivity contribution in [3.05, 3.63) is 64.4 Å². The average Bonchev–Trinajstić information content (AvgIpc) is 2.95. The summed E-state index contributed by atoms with van der Waals surface area (Å²) in [6, 6.07) is 11.5. The Balaban J connectivity index is 1.28. The van der Waals surface area contributed by atoms with Gasteiger partial charge in [0.05, 0.1) is 17.7 Å². The Hall–Kier alpha value is -2.07. The maximum atomic E-state index is 15.1. The number of anilines is 1. The Labute approximate surface area is 234 Å². The second-order valence-corrected chi connectivity index (χ2v) is 11.4. The van der Waals surface area contributed by atoms with Gasteiger partial charge in [0.15, 0.2) is 0 Å². The van der Waals surface area contributed by atoms with E-state index in [0.29, 0.717) is 55.5 Å². The third kappa shape index (κ3) is 6.99. The molecule has 1 amide bonds. The van der Waals surface area contributed by atoms with Crippen molar-refractivity contribution < 1.29 is 23.4 Å². The molecule has 3 saturated heterocycles. The van der Waals surface area contributed by atoms with E-state index in [1.54, 1.807) is 12.1 Å².